The molecule has 0 spiro atoms. The van der Waals surface area contributed by atoms with Crippen LogP contribution >= 0.6 is 0 Å². The first-order valence-electron chi connectivity index (χ1n) is 5.87. The first kappa shape index (κ1) is 12.6. The first-order valence-corrected chi connectivity index (χ1v) is 7.83. The van der Waals surface area contributed by atoms with Crippen LogP contribution in [0.2, 0.25) is 0 Å². The standard InChI is InChI=1S/C11H19N3O2S/c1-14-7-6-9(13-14)8-12-10-4-3-5-11(10)17(2,15)16/h6-7,10-12H,3-5,8H2,1-2H3. The Morgan fingerprint density at radius 2 is 2.29 bits per heavy atom. The third-order valence-electron chi connectivity index (χ3n) is 3.32. The predicted octanol–water partition coefficient (Wildman–Crippen LogP) is 0.475. The second-order valence-electron chi connectivity index (χ2n) is 4.77. The maximum atomic E-state index is 11.6. The van der Waals surface area contributed by atoms with Crippen LogP contribution in [0.5, 0.6) is 0 Å². The maximum absolute atomic E-state index is 11.6. The smallest absolute Gasteiger partial charge is 0.151 e. The Labute approximate surface area is 102 Å². The van der Waals surface area contributed by atoms with Gasteiger partial charge in [0.05, 0.1) is 10.9 Å². The lowest BCUT2D eigenvalue weighted by Gasteiger charge is -2.18. The van der Waals surface area contributed by atoms with Crippen molar-refractivity contribution in [2.75, 3.05) is 6.26 Å². The molecule has 5 nitrogen and oxygen atoms in total. The number of aromatic nitrogens is 2. The van der Waals surface area contributed by atoms with E-state index >= 15 is 0 Å². The van der Waals surface area contributed by atoms with Gasteiger partial charge in [-0.25, -0.2) is 8.42 Å². The molecule has 1 fully saturated rings. The molecule has 1 aromatic rings. The van der Waals surface area contributed by atoms with Gasteiger partial charge >= 0.3 is 0 Å². The molecule has 2 rings (SSSR count). The van der Waals surface area contributed by atoms with Gasteiger partial charge < -0.3 is 5.32 Å². The molecule has 0 aromatic carbocycles. The highest BCUT2D eigenvalue weighted by molar-refractivity contribution is 7.91. The highest BCUT2D eigenvalue weighted by Crippen LogP contribution is 2.25. The Balaban J connectivity index is 1.95. The van der Waals surface area contributed by atoms with Crippen LogP contribution in [0.1, 0.15) is 25.0 Å². The van der Waals surface area contributed by atoms with E-state index in [1.807, 2.05) is 19.3 Å². The van der Waals surface area contributed by atoms with E-state index in [-0.39, 0.29) is 11.3 Å². The minimum absolute atomic E-state index is 0.0759. The molecular weight excluding hydrogens is 238 g/mol. The fourth-order valence-corrected chi connectivity index (χ4v) is 3.89. The fourth-order valence-electron chi connectivity index (χ4n) is 2.47. The number of sulfone groups is 1. The van der Waals surface area contributed by atoms with Crippen molar-refractivity contribution in [2.45, 2.75) is 37.1 Å². The summed E-state index contributed by atoms with van der Waals surface area (Å²) in [5.74, 6) is 0. The zero-order chi connectivity index (χ0) is 12.5. The third-order valence-corrected chi connectivity index (χ3v) is 4.98. The summed E-state index contributed by atoms with van der Waals surface area (Å²) in [6.07, 6.45) is 5.92. The Morgan fingerprint density at radius 3 is 2.88 bits per heavy atom. The molecule has 0 radical (unpaired) electrons. The van der Waals surface area contributed by atoms with E-state index in [4.69, 9.17) is 0 Å². The van der Waals surface area contributed by atoms with Gasteiger partial charge in [0.15, 0.2) is 9.84 Å². The second-order valence-corrected chi connectivity index (χ2v) is 7.03. The molecule has 6 heteroatoms. The summed E-state index contributed by atoms with van der Waals surface area (Å²) in [5, 5.41) is 7.35. The summed E-state index contributed by atoms with van der Waals surface area (Å²) in [5.41, 5.74) is 0.951. The average molecular weight is 257 g/mol. The van der Waals surface area contributed by atoms with Crippen LogP contribution in [0.15, 0.2) is 12.3 Å². The van der Waals surface area contributed by atoms with E-state index in [9.17, 15) is 8.42 Å². The minimum Gasteiger partial charge on any atom is -0.307 e. The molecule has 0 amide bonds. The van der Waals surface area contributed by atoms with Crippen molar-refractivity contribution in [1.29, 1.82) is 0 Å². The Hall–Kier alpha value is -0.880. The molecule has 1 aliphatic rings. The lowest BCUT2D eigenvalue weighted by molar-refractivity contribution is 0.501. The summed E-state index contributed by atoms with van der Waals surface area (Å²) in [6.45, 7) is 0.636. The van der Waals surface area contributed by atoms with E-state index in [0.29, 0.717) is 6.54 Å². The predicted molar refractivity (Wildman–Crippen MR) is 66.3 cm³/mol. The van der Waals surface area contributed by atoms with Crippen LogP contribution < -0.4 is 5.32 Å². The van der Waals surface area contributed by atoms with Crippen molar-refractivity contribution in [3.63, 3.8) is 0 Å². The third kappa shape index (κ3) is 3.07. The minimum atomic E-state index is -2.94. The van der Waals surface area contributed by atoms with Crippen molar-refractivity contribution >= 4 is 9.84 Å². The largest absolute Gasteiger partial charge is 0.307 e. The van der Waals surface area contributed by atoms with Crippen molar-refractivity contribution in [1.82, 2.24) is 15.1 Å². The van der Waals surface area contributed by atoms with Crippen LogP contribution in [-0.4, -0.2) is 35.7 Å². The molecule has 0 bridgehead atoms. The molecule has 1 heterocycles. The molecule has 17 heavy (non-hydrogen) atoms. The Bertz CT molecular complexity index is 481. The summed E-state index contributed by atoms with van der Waals surface area (Å²) in [6, 6.07) is 2.02. The molecule has 0 saturated heterocycles. The van der Waals surface area contributed by atoms with Crippen molar-refractivity contribution < 1.29 is 8.42 Å². The van der Waals surface area contributed by atoms with Gasteiger partial charge in [-0.1, -0.05) is 6.42 Å². The van der Waals surface area contributed by atoms with Gasteiger partial charge in [0.2, 0.25) is 0 Å². The zero-order valence-electron chi connectivity index (χ0n) is 10.3. The highest BCUT2D eigenvalue weighted by atomic mass is 32.2. The lowest BCUT2D eigenvalue weighted by atomic mass is 10.2. The lowest BCUT2D eigenvalue weighted by Crippen LogP contribution is -2.39. The van der Waals surface area contributed by atoms with Crippen LogP contribution in [0.25, 0.3) is 0 Å². The van der Waals surface area contributed by atoms with Gasteiger partial charge in [0, 0.05) is 32.1 Å². The number of hydrogen-bond acceptors (Lipinski definition) is 4. The summed E-state index contributed by atoms with van der Waals surface area (Å²) >= 11 is 0. The Kier molecular flexibility index (Phi) is 3.53. The van der Waals surface area contributed by atoms with E-state index < -0.39 is 9.84 Å². The quantitative estimate of drug-likeness (QED) is 0.852. The number of rotatable bonds is 4. The topological polar surface area (TPSA) is 64.0 Å². The highest BCUT2D eigenvalue weighted by Gasteiger charge is 2.34. The van der Waals surface area contributed by atoms with Crippen LogP contribution in [-0.2, 0) is 23.4 Å². The number of aryl methyl sites for hydroxylation is 1. The van der Waals surface area contributed by atoms with Crippen molar-refractivity contribution in [3.05, 3.63) is 18.0 Å². The van der Waals surface area contributed by atoms with E-state index in [2.05, 4.69) is 10.4 Å². The van der Waals surface area contributed by atoms with Crippen LogP contribution in [0.4, 0.5) is 0 Å². The van der Waals surface area contributed by atoms with E-state index in [0.717, 1.165) is 25.0 Å². The van der Waals surface area contributed by atoms with Gasteiger partial charge in [-0.05, 0) is 18.9 Å². The second kappa shape index (κ2) is 4.78. The van der Waals surface area contributed by atoms with Crippen molar-refractivity contribution in [3.8, 4) is 0 Å². The molecule has 0 aliphatic heterocycles. The summed E-state index contributed by atoms with van der Waals surface area (Å²) in [7, 11) is -1.07. The SMILES string of the molecule is Cn1ccc(CNC2CCCC2S(C)(=O)=O)n1. The van der Waals surface area contributed by atoms with E-state index in [1.54, 1.807) is 4.68 Å². The van der Waals surface area contributed by atoms with Gasteiger partial charge in [0.1, 0.15) is 0 Å². The van der Waals surface area contributed by atoms with E-state index in [1.165, 1.54) is 6.26 Å². The number of nitrogens with one attached hydrogen (secondary N) is 1. The van der Waals surface area contributed by atoms with Crippen LogP contribution in [0, 0.1) is 0 Å². The number of hydrogen-bond donors (Lipinski definition) is 1. The monoisotopic (exact) mass is 257 g/mol. The molecule has 1 aromatic heterocycles. The maximum Gasteiger partial charge on any atom is 0.151 e. The van der Waals surface area contributed by atoms with Gasteiger partial charge in [-0.2, -0.15) is 5.10 Å². The average Bonchev–Trinajstić information content (AvgIpc) is 2.81. The zero-order valence-corrected chi connectivity index (χ0v) is 11.1. The van der Waals surface area contributed by atoms with Crippen molar-refractivity contribution in [2.24, 2.45) is 7.05 Å². The molecule has 1 saturated carbocycles. The van der Waals surface area contributed by atoms with Gasteiger partial charge in [-0.15, -0.1) is 0 Å². The summed E-state index contributed by atoms with van der Waals surface area (Å²) in [4.78, 5) is 0. The molecular formula is C11H19N3O2S. The van der Waals surface area contributed by atoms with Gasteiger partial charge in [-0.3, -0.25) is 4.68 Å². The first-order chi connectivity index (χ1) is 7.97. The molecule has 2 atom stereocenters. The van der Waals surface area contributed by atoms with Gasteiger partial charge in [0.25, 0.3) is 0 Å². The summed E-state index contributed by atoms with van der Waals surface area (Å²) < 4.78 is 24.9. The Morgan fingerprint density at radius 1 is 1.53 bits per heavy atom. The normalized spacial score (nSPS) is 25.3. The molecule has 1 aliphatic carbocycles. The molecule has 2 unspecified atom stereocenters. The van der Waals surface area contributed by atoms with Crippen LogP contribution in [0.3, 0.4) is 0 Å². The molecule has 96 valence electrons. The molecule has 1 N–H and O–H groups in total. The fraction of sp³-hybridized carbons (Fsp3) is 0.727. The number of nitrogens with zero attached hydrogens (tertiary/aromatic N) is 2.